The molecule has 134 valence electrons. The third-order valence-corrected chi connectivity index (χ3v) is 4.39. The van der Waals surface area contributed by atoms with Gasteiger partial charge in [-0.3, -0.25) is 4.79 Å². The van der Waals surface area contributed by atoms with Gasteiger partial charge in [0.15, 0.2) is 0 Å². The number of benzene rings is 2. The summed E-state index contributed by atoms with van der Waals surface area (Å²) in [4.78, 5) is 15.5. The van der Waals surface area contributed by atoms with Crippen LogP contribution in [0.5, 0.6) is 0 Å². The van der Waals surface area contributed by atoms with Crippen molar-refractivity contribution in [2.75, 3.05) is 0 Å². The van der Waals surface area contributed by atoms with Gasteiger partial charge in [0, 0.05) is 39.7 Å². The number of carbonyl (C=O) groups excluding carboxylic acids is 1. The molecular formula is C19H14ClN5O2. The molecule has 0 spiro atoms. The van der Waals surface area contributed by atoms with E-state index in [9.17, 15) is 9.90 Å². The number of rotatable bonds is 5. The molecule has 27 heavy (non-hydrogen) atoms. The van der Waals surface area contributed by atoms with Gasteiger partial charge in [0.2, 0.25) is 11.6 Å². The fourth-order valence-corrected chi connectivity index (χ4v) is 3.14. The normalized spacial score (nSPS) is 11.8. The van der Waals surface area contributed by atoms with E-state index in [4.69, 9.17) is 11.6 Å². The molecule has 0 saturated heterocycles. The zero-order valence-electron chi connectivity index (χ0n) is 14.0. The van der Waals surface area contributed by atoms with Crippen LogP contribution in [0.4, 0.5) is 0 Å². The zero-order valence-corrected chi connectivity index (χ0v) is 14.7. The van der Waals surface area contributed by atoms with Crippen molar-refractivity contribution in [2.45, 2.75) is 6.42 Å². The minimum absolute atomic E-state index is 0.121. The molecule has 2 aromatic heterocycles. The summed E-state index contributed by atoms with van der Waals surface area (Å²) < 4.78 is 0. The fraction of sp³-hybridized carbons (Fsp3) is 0.0526. The van der Waals surface area contributed by atoms with E-state index >= 15 is 0 Å². The number of H-pyrrole nitrogens is 2. The van der Waals surface area contributed by atoms with Crippen LogP contribution in [-0.4, -0.2) is 36.5 Å². The molecule has 0 saturated carbocycles. The molecule has 0 aliphatic heterocycles. The highest BCUT2D eigenvalue weighted by Gasteiger charge is 2.18. The Labute approximate surface area is 158 Å². The molecule has 2 aromatic carbocycles. The highest BCUT2D eigenvalue weighted by Crippen LogP contribution is 2.31. The molecule has 0 radical (unpaired) electrons. The van der Waals surface area contributed by atoms with Gasteiger partial charge in [0.1, 0.15) is 5.76 Å². The predicted octanol–water partition coefficient (Wildman–Crippen LogP) is 3.71. The summed E-state index contributed by atoms with van der Waals surface area (Å²) in [5.74, 6) is -0.864. The van der Waals surface area contributed by atoms with Crippen LogP contribution < -0.4 is 0 Å². The van der Waals surface area contributed by atoms with Crippen LogP contribution >= 0.6 is 11.6 Å². The van der Waals surface area contributed by atoms with E-state index in [-0.39, 0.29) is 11.6 Å². The molecule has 4 rings (SSSR count). The Kier molecular flexibility index (Phi) is 4.43. The monoisotopic (exact) mass is 379 g/mol. The Hall–Kier alpha value is -3.45. The van der Waals surface area contributed by atoms with Crippen molar-refractivity contribution in [2.24, 2.45) is 0 Å². The number of aromatic amines is 2. The summed E-state index contributed by atoms with van der Waals surface area (Å²) >= 11 is 6.14. The summed E-state index contributed by atoms with van der Waals surface area (Å²) in [6.45, 7) is 0. The standard InChI is InChI=1S/C19H14ClN5O2/c20-12-6-7-14-13(9-12)18(15(21-14)8-11-4-2-1-3-5-11)16(26)10-17(27)19-22-24-25-23-19/h1-7,9-10,21,26H,8H2,(H,22,23,24,25)/b16-10+. The maximum atomic E-state index is 12.2. The Morgan fingerprint density at radius 2 is 2.00 bits per heavy atom. The summed E-state index contributed by atoms with van der Waals surface area (Å²) in [7, 11) is 0. The van der Waals surface area contributed by atoms with Gasteiger partial charge in [-0.2, -0.15) is 5.21 Å². The Balaban J connectivity index is 1.82. The number of carbonyl (C=O) groups is 1. The first-order valence-electron chi connectivity index (χ1n) is 8.14. The number of hydrogen-bond acceptors (Lipinski definition) is 5. The van der Waals surface area contributed by atoms with Crippen LogP contribution in [0.3, 0.4) is 0 Å². The van der Waals surface area contributed by atoms with Crippen molar-refractivity contribution in [3.63, 3.8) is 0 Å². The molecule has 0 amide bonds. The minimum atomic E-state index is -0.553. The number of fused-ring (bicyclic) bond motifs is 1. The summed E-state index contributed by atoms with van der Waals surface area (Å²) in [5.41, 5.74) is 3.17. The largest absolute Gasteiger partial charge is 0.507 e. The van der Waals surface area contributed by atoms with Crippen LogP contribution in [0, 0.1) is 0 Å². The Morgan fingerprint density at radius 3 is 2.74 bits per heavy atom. The Bertz CT molecular complexity index is 1130. The van der Waals surface area contributed by atoms with Crippen LogP contribution in [0.25, 0.3) is 16.7 Å². The van der Waals surface area contributed by atoms with Gasteiger partial charge < -0.3 is 10.1 Å². The van der Waals surface area contributed by atoms with Crippen LogP contribution in [0.2, 0.25) is 5.02 Å². The van der Waals surface area contributed by atoms with Crippen molar-refractivity contribution >= 4 is 34.0 Å². The first-order chi connectivity index (χ1) is 13.1. The fourth-order valence-electron chi connectivity index (χ4n) is 2.97. The predicted molar refractivity (Wildman–Crippen MR) is 102 cm³/mol. The topological polar surface area (TPSA) is 108 Å². The van der Waals surface area contributed by atoms with Gasteiger partial charge in [-0.1, -0.05) is 41.9 Å². The maximum Gasteiger partial charge on any atom is 0.244 e. The highest BCUT2D eigenvalue weighted by atomic mass is 35.5. The highest BCUT2D eigenvalue weighted by molar-refractivity contribution is 6.31. The second-order valence-electron chi connectivity index (χ2n) is 5.96. The molecule has 4 aromatic rings. The molecule has 0 unspecified atom stereocenters. The van der Waals surface area contributed by atoms with Gasteiger partial charge in [0.05, 0.1) is 0 Å². The summed E-state index contributed by atoms with van der Waals surface area (Å²) in [6, 6.07) is 15.2. The molecule has 0 fully saturated rings. The second-order valence-corrected chi connectivity index (χ2v) is 6.40. The van der Waals surface area contributed by atoms with Crippen LogP contribution in [0.15, 0.2) is 54.6 Å². The van der Waals surface area contributed by atoms with Crippen molar-refractivity contribution < 1.29 is 9.90 Å². The lowest BCUT2D eigenvalue weighted by atomic mass is 10.0. The molecule has 7 nitrogen and oxygen atoms in total. The number of halogens is 1. The van der Waals surface area contributed by atoms with Gasteiger partial charge >= 0.3 is 0 Å². The number of tetrazole rings is 1. The molecule has 2 heterocycles. The smallest absolute Gasteiger partial charge is 0.244 e. The van der Waals surface area contributed by atoms with Crippen molar-refractivity contribution in [3.8, 4) is 0 Å². The van der Waals surface area contributed by atoms with E-state index in [1.54, 1.807) is 12.1 Å². The van der Waals surface area contributed by atoms with E-state index in [0.29, 0.717) is 17.0 Å². The van der Waals surface area contributed by atoms with E-state index < -0.39 is 5.78 Å². The van der Waals surface area contributed by atoms with Crippen molar-refractivity contribution in [1.29, 1.82) is 0 Å². The molecule has 0 atom stereocenters. The average molecular weight is 380 g/mol. The lowest BCUT2D eigenvalue weighted by Gasteiger charge is -2.05. The zero-order chi connectivity index (χ0) is 18.8. The number of aromatic nitrogens is 5. The summed E-state index contributed by atoms with van der Waals surface area (Å²) in [6.07, 6.45) is 1.64. The third-order valence-electron chi connectivity index (χ3n) is 4.15. The Morgan fingerprint density at radius 1 is 1.19 bits per heavy atom. The molecule has 0 bridgehead atoms. The van der Waals surface area contributed by atoms with Gasteiger partial charge in [-0.25, -0.2) is 0 Å². The van der Waals surface area contributed by atoms with Gasteiger partial charge in [-0.05, 0) is 29.0 Å². The summed E-state index contributed by atoms with van der Waals surface area (Å²) in [5, 5.41) is 24.8. The van der Waals surface area contributed by atoms with E-state index in [1.165, 1.54) is 0 Å². The van der Waals surface area contributed by atoms with Crippen molar-refractivity contribution in [1.82, 2.24) is 25.6 Å². The van der Waals surface area contributed by atoms with Crippen LogP contribution in [0.1, 0.15) is 27.4 Å². The molecule has 8 heteroatoms. The number of hydrogen-bond donors (Lipinski definition) is 3. The molecular weight excluding hydrogens is 366 g/mol. The number of nitrogens with one attached hydrogen (secondary N) is 2. The number of allylic oxidation sites excluding steroid dienone is 1. The lowest BCUT2D eigenvalue weighted by molar-refractivity contribution is 0.103. The number of nitrogens with zero attached hydrogens (tertiary/aromatic N) is 3. The molecule has 3 N–H and O–H groups in total. The van der Waals surface area contributed by atoms with E-state index in [1.807, 2.05) is 36.4 Å². The maximum absolute atomic E-state index is 12.2. The minimum Gasteiger partial charge on any atom is -0.507 e. The quantitative estimate of drug-likeness (QED) is 0.278. The van der Waals surface area contributed by atoms with E-state index in [2.05, 4.69) is 25.6 Å². The van der Waals surface area contributed by atoms with Gasteiger partial charge in [0.25, 0.3) is 0 Å². The molecule has 0 aliphatic carbocycles. The average Bonchev–Trinajstić information content (AvgIpc) is 3.30. The second kappa shape index (κ2) is 7.05. The first-order valence-corrected chi connectivity index (χ1v) is 8.52. The number of ketones is 1. The SMILES string of the molecule is O=C(/C=C(/O)c1c(Cc2ccccc2)[nH]c2ccc(Cl)cc12)c1nn[nH]n1. The van der Waals surface area contributed by atoms with Gasteiger partial charge in [-0.15, -0.1) is 10.2 Å². The third kappa shape index (κ3) is 3.45. The number of aliphatic hydroxyl groups excluding tert-OH is 1. The first kappa shape index (κ1) is 17.0. The van der Waals surface area contributed by atoms with E-state index in [0.717, 1.165) is 28.2 Å². The molecule has 0 aliphatic rings. The lowest BCUT2D eigenvalue weighted by Crippen LogP contribution is -2.01. The van der Waals surface area contributed by atoms with Crippen molar-refractivity contribution in [3.05, 3.63) is 82.3 Å². The number of aliphatic hydroxyl groups is 1. The van der Waals surface area contributed by atoms with Crippen LogP contribution in [-0.2, 0) is 6.42 Å².